The highest BCUT2D eigenvalue weighted by Gasteiger charge is 2.09. The number of nitrogens with two attached hydrogens (primary N) is 1. The summed E-state index contributed by atoms with van der Waals surface area (Å²) in [6, 6.07) is 1.92. The van der Waals surface area contributed by atoms with Crippen LogP contribution in [0.5, 0.6) is 0 Å². The van der Waals surface area contributed by atoms with Gasteiger partial charge in [0.25, 0.3) is 0 Å². The summed E-state index contributed by atoms with van der Waals surface area (Å²) in [5.74, 6) is 0.221. The second-order valence-corrected chi connectivity index (χ2v) is 3.08. The number of aryl methyl sites for hydroxylation is 1. The molecule has 1 heterocycles. The van der Waals surface area contributed by atoms with Gasteiger partial charge in [-0.1, -0.05) is 12.1 Å². The fourth-order valence-electron chi connectivity index (χ4n) is 1.04. The Balaban J connectivity index is 2.65. The summed E-state index contributed by atoms with van der Waals surface area (Å²) in [6.45, 7) is 4.48. The standard InChI is InChI=1S/C8H14N4O/c1-6(8(9)11-13)5-12-7(2)3-4-10-12/h3-4,6,13H,5H2,1-2H3,(H2,9,11). The third-order valence-electron chi connectivity index (χ3n) is 2.00. The second-order valence-electron chi connectivity index (χ2n) is 3.08. The zero-order chi connectivity index (χ0) is 9.84. The van der Waals surface area contributed by atoms with Crippen LogP contribution in [-0.4, -0.2) is 20.8 Å². The Labute approximate surface area is 76.8 Å². The molecule has 5 heteroatoms. The number of aromatic nitrogens is 2. The maximum Gasteiger partial charge on any atom is 0.143 e. The molecule has 3 N–H and O–H groups in total. The highest BCUT2D eigenvalue weighted by molar-refractivity contribution is 5.81. The molecule has 5 nitrogen and oxygen atoms in total. The van der Waals surface area contributed by atoms with Crippen LogP contribution in [0.25, 0.3) is 0 Å². The molecule has 72 valence electrons. The van der Waals surface area contributed by atoms with Crippen LogP contribution < -0.4 is 5.73 Å². The summed E-state index contributed by atoms with van der Waals surface area (Å²) in [7, 11) is 0. The van der Waals surface area contributed by atoms with E-state index in [4.69, 9.17) is 10.9 Å². The number of amidine groups is 1. The van der Waals surface area contributed by atoms with Crippen molar-refractivity contribution in [2.75, 3.05) is 0 Å². The molecule has 1 rings (SSSR count). The summed E-state index contributed by atoms with van der Waals surface area (Å²) in [6.07, 6.45) is 1.73. The lowest BCUT2D eigenvalue weighted by Crippen LogP contribution is -2.26. The van der Waals surface area contributed by atoms with Gasteiger partial charge in [-0.15, -0.1) is 0 Å². The molecule has 0 saturated carbocycles. The fraction of sp³-hybridized carbons (Fsp3) is 0.500. The summed E-state index contributed by atoms with van der Waals surface area (Å²) < 4.78 is 1.82. The van der Waals surface area contributed by atoms with Crippen molar-refractivity contribution >= 4 is 5.84 Å². The van der Waals surface area contributed by atoms with Crippen LogP contribution in [0.4, 0.5) is 0 Å². The summed E-state index contributed by atoms with van der Waals surface area (Å²) in [4.78, 5) is 0. The summed E-state index contributed by atoms with van der Waals surface area (Å²) >= 11 is 0. The van der Waals surface area contributed by atoms with Crippen molar-refractivity contribution in [2.45, 2.75) is 20.4 Å². The van der Waals surface area contributed by atoms with E-state index in [1.807, 2.05) is 24.6 Å². The van der Waals surface area contributed by atoms with Crippen LogP contribution >= 0.6 is 0 Å². The lowest BCUT2D eigenvalue weighted by molar-refractivity contribution is 0.312. The van der Waals surface area contributed by atoms with Crippen LogP contribution in [0.15, 0.2) is 17.4 Å². The van der Waals surface area contributed by atoms with E-state index in [0.717, 1.165) is 5.69 Å². The Morgan fingerprint density at radius 1 is 1.85 bits per heavy atom. The highest BCUT2D eigenvalue weighted by Crippen LogP contribution is 2.03. The van der Waals surface area contributed by atoms with Gasteiger partial charge in [-0.2, -0.15) is 5.10 Å². The van der Waals surface area contributed by atoms with Gasteiger partial charge in [0.15, 0.2) is 0 Å². The van der Waals surface area contributed by atoms with Crippen LogP contribution in [0.1, 0.15) is 12.6 Å². The number of oxime groups is 1. The third kappa shape index (κ3) is 2.21. The molecule has 0 saturated heterocycles. The minimum atomic E-state index is -0.0106. The molecule has 0 aromatic carbocycles. The van der Waals surface area contributed by atoms with E-state index in [9.17, 15) is 0 Å². The molecule has 0 aliphatic rings. The quantitative estimate of drug-likeness (QED) is 0.310. The van der Waals surface area contributed by atoms with Gasteiger partial charge >= 0.3 is 0 Å². The maximum atomic E-state index is 8.44. The van der Waals surface area contributed by atoms with Crippen LogP contribution in [0.3, 0.4) is 0 Å². The van der Waals surface area contributed by atoms with Gasteiger partial charge in [-0.05, 0) is 13.0 Å². The predicted octanol–water partition coefficient (Wildman–Crippen LogP) is 0.574. The molecule has 0 bridgehead atoms. The number of nitrogens with zero attached hydrogens (tertiary/aromatic N) is 3. The van der Waals surface area contributed by atoms with Gasteiger partial charge in [0.2, 0.25) is 0 Å². The maximum absolute atomic E-state index is 8.44. The van der Waals surface area contributed by atoms with Crippen molar-refractivity contribution in [2.24, 2.45) is 16.8 Å². The van der Waals surface area contributed by atoms with Gasteiger partial charge in [0, 0.05) is 17.8 Å². The van der Waals surface area contributed by atoms with Crippen LogP contribution in [-0.2, 0) is 6.54 Å². The van der Waals surface area contributed by atoms with Crippen LogP contribution in [0.2, 0.25) is 0 Å². The molecule has 0 fully saturated rings. The Bertz CT molecular complexity index is 305. The zero-order valence-electron chi connectivity index (χ0n) is 7.81. The van der Waals surface area contributed by atoms with Crippen LogP contribution in [0, 0.1) is 12.8 Å². The zero-order valence-corrected chi connectivity index (χ0v) is 7.81. The molecule has 0 aliphatic carbocycles. The Hall–Kier alpha value is -1.52. The first-order valence-corrected chi connectivity index (χ1v) is 4.11. The van der Waals surface area contributed by atoms with E-state index in [2.05, 4.69) is 10.3 Å². The van der Waals surface area contributed by atoms with Crippen molar-refractivity contribution in [3.05, 3.63) is 18.0 Å². The van der Waals surface area contributed by atoms with Gasteiger partial charge in [-0.25, -0.2) is 0 Å². The highest BCUT2D eigenvalue weighted by atomic mass is 16.4. The molecule has 13 heavy (non-hydrogen) atoms. The number of hydrogen-bond donors (Lipinski definition) is 2. The molecule has 0 amide bonds. The first kappa shape index (κ1) is 9.57. The smallest absolute Gasteiger partial charge is 0.143 e. The Morgan fingerprint density at radius 3 is 3.00 bits per heavy atom. The van der Waals surface area contributed by atoms with Crippen molar-refractivity contribution in [1.29, 1.82) is 0 Å². The molecular formula is C8H14N4O. The first-order valence-electron chi connectivity index (χ1n) is 4.11. The molecule has 1 atom stereocenters. The minimum absolute atomic E-state index is 0.0106. The molecule has 1 aromatic heterocycles. The fourth-order valence-corrected chi connectivity index (χ4v) is 1.04. The lowest BCUT2D eigenvalue weighted by Gasteiger charge is -2.10. The van der Waals surface area contributed by atoms with E-state index < -0.39 is 0 Å². The number of hydrogen-bond acceptors (Lipinski definition) is 3. The molecule has 1 unspecified atom stereocenters. The molecular weight excluding hydrogens is 168 g/mol. The number of rotatable bonds is 3. The van der Waals surface area contributed by atoms with E-state index in [1.54, 1.807) is 6.20 Å². The average Bonchev–Trinajstić information content (AvgIpc) is 2.50. The van der Waals surface area contributed by atoms with Gasteiger partial charge < -0.3 is 10.9 Å². The minimum Gasteiger partial charge on any atom is -0.409 e. The van der Waals surface area contributed by atoms with Gasteiger partial charge in [0.05, 0.1) is 6.54 Å². The molecule has 1 aromatic rings. The Morgan fingerprint density at radius 2 is 2.54 bits per heavy atom. The second kappa shape index (κ2) is 3.93. The Kier molecular flexibility index (Phi) is 2.89. The molecule has 0 aliphatic heterocycles. The van der Waals surface area contributed by atoms with Crippen molar-refractivity contribution in [3.63, 3.8) is 0 Å². The van der Waals surface area contributed by atoms with E-state index in [1.165, 1.54) is 0 Å². The first-order chi connectivity index (χ1) is 6.15. The van der Waals surface area contributed by atoms with E-state index in [-0.39, 0.29) is 11.8 Å². The predicted molar refractivity (Wildman–Crippen MR) is 49.5 cm³/mol. The van der Waals surface area contributed by atoms with Gasteiger partial charge in [0.1, 0.15) is 5.84 Å². The largest absolute Gasteiger partial charge is 0.409 e. The van der Waals surface area contributed by atoms with E-state index >= 15 is 0 Å². The average molecular weight is 182 g/mol. The lowest BCUT2D eigenvalue weighted by atomic mass is 10.1. The SMILES string of the molecule is Cc1ccnn1CC(C)C(N)=NO. The third-order valence-corrected chi connectivity index (χ3v) is 2.00. The van der Waals surface area contributed by atoms with Gasteiger partial charge in [-0.3, -0.25) is 4.68 Å². The van der Waals surface area contributed by atoms with Crippen molar-refractivity contribution < 1.29 is 5.21 Å². The van der Waals surface area contributed by atoms with Crippen molar-refractivity contribution in [3.8, 4) is 0 Å². The van der Waals surface area contributed by atoms with E-state index in [0.29, 0.717) is 6.54 Å². The molecule has 0 radical (unpaired) electrons. The van der Waals surface area contributed by atoms with Crippen molar-refractivity contribution in [1.82, 2.24) is 9.78 Å². The molecule has 0 spiro atoms. The monoisotopic (exact) mass is 182 g/mol. The summed E-state index contributed by atoms with van der Waals surface area (Å²) in [5.41, 5.74) is 6.51. The topological polar surface area (TPSA) is 76.4 Å². The summed E-state index contributed by atoms with van der Waals surface area (Å²) in [5, 5.41) is 15.5. The normalized spacial score (nSPS) is 14.5.